The third-order valence-electron chi connectivity index (χ3n) is 4.04. The van der Waals surface area contributed by atoms with Crippen LogP contribution in [0, 0.1) is 6.92 Å². The fourth-order valence-corrected chi connectivity index (χ4v) is 2.82. The molecule has 3 rings (SSSR count). The lowest BCUT2D eigenvalue weighted by Crippen LogP contribution is -2.42. The summed E-state index contributed by atoms with van der Waals surface area (Å²) < 4.78 is 0. The van der Waals surface area contributed by atoms with Gasteiger partial charge in [0.05, 0.1) is 5.69 Å². The normalized spacial score (nSPS) is 16.1. The molecular weight excluding hydrogens is 260 g/mol. The van der Waals surface area contributed by atoms with Gasteiger partial charge in [-0.3, -0.25) is 9.97 Å². The molecule has 0 saturated carbocycles. The number of aromatic nitrogens is 2. The van der Waals surface area contributed by atoms with Crippen molar-refractivity contribution in [2.45, 2.75) is 32.4 Å². The van der Waals surface area contributed by atoms with Gasteiger partial charge in [0, 0.05) is 49.5 Å². The zero-order valence-electron chi connectivity index (χ0n) is 12.5. The highest BCUT2D eigenvalue weighted by Crippen LogP contribution is 2.20. The Hall–Kier alpha value is -1.94. The van der Waals surface area contributed by atoms with E-state index < -0.39 is 0 Å². The Labute approximate surface area is 126 Å². The summed E-state index contributed by atoms with van der Waals surface area (Å²) in [6.45, 7) is 5.11. The average molecular weight is 282 g/mol. The van der Waals surface area contributed by atoms with E-state index >= 15 is 0 Å². The fraction of sp³-hybridized carbons (Fsp3) is 0.412. The number of piperidine rings is 1. The second-order valence-corrected chi connectivity index (χ2v) is 5.62. The Bertz CT molecular complexity index is 562. The van der Waals surface area contributed by atoms with Gasteiger partial charge in [0.15, 0.2) is 0 Å². The Morgan fingerprint density at radius 3 is 2.71 bits per heavy atom. The molecule has 2 aromatic rings. The van der Waals surface area contributed by atoms with Gasteiger partial charge in [-0.05, 0) is 44.0 Å². The van der Waals surface area contributed by atoms with Crippen LogP contribution in [0.5, 0.6) is 0 Å². The number of rotatable bonds is 4. The first-order valence-corrected chi connectivity index (χ1v) is 7.62. The van der Waals surface area contributed by atoms with Gasteiger partial charge in [0.1, 0.15) is 0 Å². The molecule has 4 nitrogen and oxygen atoms in total. The molecule has 4 heteroatoms. The van der Waals surface area contributed by atoms with Crippen LogP contribution in [0.1, 0.15) is 24.2 Å². The number of pyridine rings is 2. The van der Waals surface area contributed by atoms with Crippen molar-refractivity contribution >= 4 is 5.69 Å². The largest absolute Gasteiger partial charge is 0.371 e. The Morgan fingerprint density at radius 2 is 2.00 bits per heavy atom. The molecule has 0 unspecified atom stereocenters. The van der Waals surface area contributed by atoms with Crippen LogP contribution in [0.2, 0.25) is 0 Å². The van der Waals surface area contributed by atoms with Crippen molar-refractivity contribution in [2.24, 2.45) is 0 Å². The van der Waals surface area contributed by atoms with Gasteiger partial charge < -0.3 is 10.2 Å². The molecule has 0 aromatic carbocycles. The highest BCUT2D eigenvalue weighted by Gasteiger charge is 2.19. The molecule has 0 amide bonds. The van der Waals surface area contributed by atoms with Crippen molar-refractivity contribution in [1.82, 2.24) is 15.3 Å². The monoisotopic (exact) mass is 282 g/mol. The lowest BCUT2D eigenvalue weighted by molar-refractivity contribution is 0.412. The molecule has 0 atom stereocenters. The van der Waals surface area contributed by atoms with E-state index in [1.807, 2.05) is 31.5 Å². The van der Waals surface area contributed by atoms with Crippen LogP contribution in [0.4, 0.5) is 5.69 Å². The lowest BCUT2D eigenvalue weighted by atomic mass is 10.0. The minimum atomic E-state index is 0.589. The molecule has 1 fully saturated rings. The summed E-state index contributed by atoms with van der Waals surface area (Å²) in [5.74, 6) is 0. The molecule has 1 aliphatic rings. The van der Waals surface area contributed by atoms with E-state index in [1.165, 1.54) is 18.5 Å². The second kappa shape index (κ2) is 6.68. The molecular formula is C17H22N4. The highest BCUT2D eigenvalue weighted by molar-refractivity contribution is 5.46. The molecule has 21 heavy (non-hydrogen) atoms. The van der Waals surface area contributed by atoms with Gasteiger partial charge in [0.25, 0.3) is 0 Å². The van der Waals surface area contributed by atoms with Crippen molar-refractivity contribution in [3.8, 4) is 0 Å². The SMILES string of the molecule is Cc1cc(N2CCC(NCc3ccccn3)CC2)ccn1. The van der Waals surface area contributed by atoms with E-state index in [-0.39, 0.29) is 0 Å². The first-order chi connectivity index (χ1) is 10.3. The van der Waals surface area contributed by atoms with Crippen LogP contribution in [-0.4, -0.2) is 29.1 Å². The molecule has 3 heterocycles. The number of anilines is 1. The molecule has 2 aromatic heterocycles. The van der Waals surface area contributed by atoms with Crippen LogP contribution < -0.4 is 10.2 Å². The zero-order chi connectivity index (χ0) is 14.5. The lowest BCUT2D eigenvalue weighted by Gasteiger charge is -2.34. The average Bonchev–Trinajstić information content (AvgIpc) is 2.54. The molecule has 0 bridgehead atoms. The molecule has 0 aliphatic carbocycles. The summed E-state index contributed by atoms with van der Waals surface area (Å²) >= 11 is 0. The van der Waals surface area contributed by atoms with Crippen LogP contribution >= 0.6 is 0 Å². The van der Waals surface area contributed by atoms with Gasteiger partial charge >= 0.3 is 0 Å². The quantitative estimate of drug-likeness (QED) is 0.935. The number of hydrogen-bond acceptors (Lipinski definition) is 4. The zero-order valence-corrected chi connectivity index (χ0v) is 12.5. The third kappa shape index (κ3) is 3.79. The molecule has 0 spiro atoms. The van der Waals surface area contributed by atoms with E-state index in [0.717, 1.165) is 31.0 Å². The number of nitrogens with one attached hydrogen (secondary N) is 1. The topological polar surface area (TPSA) is 41.0 Å². The Balaban J connectivity index is 1.49. The summed E-state index contributed by atoms with van der Waals surface area (Å²) in [5, 5.41) is 3.62. The molecule has 1 saturated heterocycles. The predicted molar refractivity (Wildman–Crippen MR) is 85.3 cm³/mol. The summed E-state index contributed by atoms with van der Waals surface area (Å²) in [6.07, 6.45) is 6.10. The number of hydrogen-bond donors (Lipinski definition) is 1. The van der Waals surface area contributed by atoms with Crippen molar-refractivity contribution in [3.05, 3.63) is 54.1 Å². The van der Waals surface area contributed by atoms with E-state index in [9.17, 15) is 0 Å². The van der Waals surface area contributed by atoms with Crippen LogP contribution in [0.15, 0.2) is 42.7 Å². The van der Waals surface area contributed by atoms with Crippen molar-refractivity contribution < 1.29 is 0 Å². The number of nitrogens with zero attached hydrogens (tertiary/aromatic N) is 3. The first-order valence-electron chi connectivity index (χ1n) is 7.62. The van der Waals surface area contributed by atoms with Crippen LogP contribution in [0.3, 0.4) is 0 Å². The minimum absolute atomic E-state index is 0.589. The Morgan fingerprint density at radius 1 is 1.14 bits per heavy atom. The van der Waals surface area contributed by atoms with Crippen LogP contribution in [0.25, 0.3) is 0 Å². The standard InChI is InChI=1S/C17H22N4/c1-14-12-17(5-9-18-14)21-10-6-15(7-11-21)20-13-16-4-2-3-8-19-16/h2-5,8-9,12,15,20H,6-7,10-11,13H2,1H3. The molecule has 1 aliphatic heterocycles. The summed E-state index contributed by atoms with van der Waals surface area (Å²) in [6, 6.07) is 10.9. The van der Waals surface area contributed by atoms with Gasteiger partial charge in [-0.2, -0.15) is 0 Å². The van der Waals surface area contributed by atoms with Gasteiger partial charge in [-0.25, -0.2) is 0 Å². The van der Waals surface area contributed by atoms with Crippen LogP contribution in [-0.2, 0) is 6.54 Å². The van der Waals surface area contributed by atoms with Gasteiger partial charge in [-0.15, -0.1) is 0 Å². The van der Waals surface area contributed by atoms with Crippen molar-refractivity contribution in [2.75, 3.05) is 18.0 Å². The van der Waals surface area contributed by atoms with Crippen molar-refractivity contribution in [1.29, 1.82) is 0 Å². The van der Waals surface area contributed by atoms with Gasteiger partial charge in [-0.1, -0.05) is 6.07 Å². The first kappa shape index (κ1) is 14.0. The maximum Gasteiger partial charge on any atom is 0.0541 e. The van der Waals surface area contributed by atoms with E-state index in [0.29, 0.717) is 6.04 Å². The Kier molecular flexibility index (Phi) is 4.46. The molecule has 1 N–H and O–H groups in total. The van der Waals surface area contributed by atoms with E-state index in [1.54, 1.807) is 0 Å². The maximum atomic E-state index is 4.36. The summed E-state index contributed by atoms with van der Waals surface area (Å²) in [7, 11) is 0. The number of aryl methyl sites for hydroxylation is 1. The van der Waals surface area contributed by atoms with Crippen molar-refractivity contribution in [3.63, 3.8) is 0 Å². The second-order valence-electron chi connectivity index (χ2n) is 5.62. The smallest absolute Gasteiger partial charge is 0.0541 e. The summed E-state index contributed by atoms with van der Waals surface area (Å²) in [4.78, 5) is 11.1. The highest BCUT2D eigenvalue weighted by atomic mass is 15.1. The van der Waals surface area contributed by atoms with E-state index in [2.05, 4.69) is 38.4 Å². The fourth-order valence-electron chi connectivity index (χ4n) is 2.82. The summed E-state index contributed by atoms with van der Waals surface area (Å²) in [5.41, 5.74) is 3.50. The minimum Gasteiger partial charge on any atom is -0.371 e. The predicted octanol–water partition coefficient (Wildman–Crippen LogP) is 2.54. The molecule has 110 valence electrons. The molecule has 0 radical (unpaired) electrons. The van der Waals surface area contributed by atoms with Gasteiger partial charge in [0.2, 0.25) is 0 Å². The van der Waals surface area contributed by atoms with E-state index in [4.69, 9.17) is 0 Å². The third-order valence-corrected chi connectivity index (χ3v) is 4.04. The maximum absolute atomic E-state index is 4.36.